The summed E-state index contributed by atoms with van der Waals surface area (Å²) in [5.74, 6) is 1.05. The van der Waals surface area contributed by atoms with Crippen molar-refractivity contribution in [2.24, 2.45) is 0 Å². The van der Waals surface area contributed by atoms with E-state index in [4.69, 9.17) is 0 Å². The molecule has 0 saturated heterocycles. The van der Waals surface area contributed by atoms with E-state index >= 15 is 0 Å². The van der Waals surface area contributed by atoms with E-state index in [9.17, 15) is 0 Å². The van der Waals surface area contributed by atoms with Crippen molar-refractivity contribution in [2.75, 3.05) is 5.75 Å². The second kappa shape index (κ2) is 8.42. The Bertz CT molecular complexity index is 272. The minimum absolute atomic E-state index is 0.484. The predicted octanol–water partition coefficient (Wildman–Crippen LogP) is 5.49. The van der Waals surface area contributed by atoms with Crippen molar-refractivity contribution < 1.29 is 0 Å². The van der Waals surface area contributed by atoms with Crippen LogP contribution in [0.2, 0.25) is 0 Å². The summed E-state index contributed by atoms with van der Waals surface area (Å²) in [4.78, 5) is 0. The summed E-state index contributed by atoms with van der Waals surface area (Å²) in [5, 5.41) is 0.484. The molecule has 1 atom stereocenters. The lowest BCUT2D eigenvalue weighted by Gasteiger charge is -2.13. The quantitative estimate of drug-likeness (QED) is 0.526. The van der Waals surface area contributed by atoms with Crippen LogP contribution in [0, 0.1) is 6.92 Å². The van der Waals surface area contributed by atoms with Gasteiger partial charge < -0.3 is 0 Å². The second-order valence-electron chi connectivity index (χ2n) is 2.93. The zero-order chi connectivity index (χ0) is 11.1. The summed E-state index contributed by atoms with van der Waals surface area (Å²) < 4.78 is 0. The largest absolute Gasteiger partial charge is 0.0997 e. The summed E-state index contributed by atoms with van der Waals surface area (Å²) in [7, 11) is 6.60. The Morgan fingerprint density at radius 2 is 1.80 bits per heavy atom. The number of benzene rings is 1. The SMILES string of the molecule is Cc1ccc(C(CSSS)SSS)cc1. The van der Waals surface area contributed by atoms with Crippen molar-refractivity contribution in [3.63, 3.8) is 0 Å². The Hall–Kier alpha value is 1.32. The van der Waals surface area contributed by atoms with Crippen LogP contribution in [-0.2, 0) is 0 Å². The minimum Gasteiger partial charge on any atom is -0.0997 e. The molecule has 0 spiro atoms. The van der Waals surface area contributed by atoms with Crippen LogP contribution >= 0.6 is 64.6 Å². The van der Waals surface area contributed by atoms with E-state index in [1.54, 1.807) is 21.6 Å². The third-order valence-corrected chi connectivity index (χ3v) is 6.83. The van der Waals surface area contributed by atoms with E-state index in [0.717, 1.165) is 5.75 Å². The van der Waals surface area contributed by atoms with Gasteiger partial charge in [-0.25, -0.2) is 0 Å². The van der Waals surface area contributed by atoms with Gasteiger partial charge in [-0.2, -0.15) is 0 Å². The Morgan fingerprint density at radius 3 is 2.33 bits per heavy atom. The fourth-order valence-corrected chi connectivity index (χ4v) is 5.76. The van der Waals surface area contributed by atoms with Crippen LogP contribution in [0.3, 0.4) is 0 Å². The standard InChI is InChI=1S/C9H12S6/c1-7-2-4-8(5-3-7)9(13-15-11)6-12-14-10/h2-5,9-11H,6H2,1H3. The summed E-state index contributed by atoms with van der Waals surface area (Å²) in [6, 6.07) is 8.71. The Balaban J connectivity index is 2.65. The molecule has 15 heavy (non-hydrogen) atoms. The highest BCUT2D eigenvalue weighted by Crippen LogP contribution is 2.44. The normalized spacial score (nSPS) is 12.7. The Kier molecular flexibility index (Phi) is 8.07. The molecule has 0 saturated carbocycles. The number of rotatable bonds is 6. The maximum Gasteiger partial charge on any atom is 0.0508 e. The van der Waals surface area contributed by atoms with Crippen LogP contribution in [0.15, 0.2) is 24.3 Å². The average Bonchev–Trinajstić information content (AvgIpc) is 2.25. The monoisotopic (exact) mass is 312 g/mol. The third kappa shape index (κ3) is 5.46. The van der Waals surface area contributed by atoms with Gasteiger partial charge in [0, 0.05) is 5.75 Å². The summed E-state index contributed by atoms with van der Waals surface area (Å²) in [6.07, 6.45) is 0. The maximum atomic E-state index is 4.20. The van der Waals surface area contributed by atoms with Crippen molar-refractivity contribution >= 4 is 64.6 Å². The second-order valence-corrected chi connectivity index (χ2v) is 9.42. The molecule has 0 aliphatic heterocycles. The topological polar surface area (TPSA) is 0 Å². The third-order valence-electron chi connectivity index (χ3n) is 1.88. The van der Waals surface area contributed by atoms with Gasteiger partial charge >= 0.3 is 0 Å². The van der Waals surface area contributed by atoms with Crippen molar-refractivity contribution in [3.05, 3.63) is 35.4 Å². The van der Waals surface area contributed by atoms with E-state index in [0.29, 0.717) is 5.25 Å². The van der Waals surface area contributed by atoms with Gasteiger partial charge in [0.15, 0.2) is 0 Å². The van der Waals surface area contributed by atoms with Crippen LogP contribution in [0.1, 0.15) is 16.4 Å². The lowest BCUT2D eigenvalue weighted by molar-refractivity contribution is 1.13. The van der Waals surface area contributed by atoms with Gasteiger partial charge in [0.05, 0.1) is 5.25 Å². The highest BCUT2D eigenvalue weighted by molar-refractivity contribution is 9.06. The van der Waals surface area contributed by atoms with Crippen LogP contribution in [0.4, 0.5) is 0 Å². The Morgan fingerprint density at radius 1 is 1.13 bits per heavy atom. The molecular formula is C9H12S6. The van der Waals surface area contributed by atoms with E-state index in [1.807, 2.05) is 0 Å². The minimum atomic E-state index is 0.484. The average molecular weight is 313 g/mol. The van der Waals surface area contributed by atoms with Crippen LogP contribution in [-0.4, -0.2) is 5.75 Å². The van der Waals surface area contributed by atoms with Crippen molar-refractivity contribution in [1.29, 1.82) is 0 Å². The van der Waals surface area contributed by atoms with Gasteiger partial charge in [0.2, 0.25) is 0 Å². The lowest BCUT2D eigenvalue weighted by Crippen LogP contribution is -1.94. The molecule has 0 bridgehead atoms. The first kappa shape index (κ1) is 14.4. The zero-order valence-electron chi connectivity index (χ0n) is 8.12. The summed E-state index contributed by atoms with van der Waals surface area (Å²) in [5.41, 5.74) is 2.67. The van der Waals surface area contributed by atoms with Crippen molar-refractivity contribution in [1.82, 2.24) is 0 Å². The molecule has 0 aromatic heterocycles. The molecule has 0 fully saturated rings. The predicted molar refractivity (Wildman–Crippen MR) is 87.1 cm³/mol. The van der Waals surface area contributed by atoms with Crippen LogP contribution < -0.4 is 0 Å². The molecule has 6 heteroatoms. The number of aryl methyl sites for hydroxylation is 1. The van der Waals surface area contributed by atoms with E-state index in [1.165, 1.54) is 30.8 Å². The number of thiol groups is 2. The first-order valence-electron chi connectivity index (χ1n) is 4.24. The lowest BCUT2D eigenvalue weighted by atomic mass is 10.1. The van der Waals surface area contributed by atoms with Gasteiger partial charge in [0.25, 0.3) is 0 Å². The fraction of sp³-hybridized carbons (Fsp3) is 0.333. The highest BCUT2D eigenvalue weighted by Gasteiger charge is 2.12. The number of hydrogen-bond donors (Lipinski definition) is 2. The molecule has 1 aromatic rings. The van der Waals surface area contributed by atoms with Gasteiger partial charge in [-0.05, 0) is 32.1 Å². The molecule has 0 aliphatic rings. The van der Waals surface area contributed by atoms with Gasteiger partial charge in [-0.1, -0.05) is 74.7 Å². The van der Waals surface area contributed by atoms with Gasteiger partial charge in [-0.3, -0.25) is 0 Å². The van der Waals surface area contributed by atoms with Gasteiger partial charge in [-0.15, -0.1) is 0 Å². The molecule has 1 rings (SSSR count). The molecule has 1 unspecified atom stereocenters. The van der Waals surface area contributed by atoms with Gasteiger partial charge in [0.1, 0.15) is 0 Å². The summed E-state index contributed by atoms with van der Waals surface area (Å²) in [6.45, 7) is 2.11. The van der Waals surface area contributed by atoms with E-state index in [-0.39, 0.29) is 0 Å². The number of hydrogen-bond acceptors (Lipinski definition) is 6. The molecular weight excluding hydrogens is 301 g/mol. The first-order valence-corrected chi connectivity index (χ1v) is 10.9. The van der Waals surface area contributed by atoms with E-state index in [2.05, 4.69) is 54.5 Å². The smallest absolute Gasteiger partial charge is 0.0508 e. The maximum absolute atomic E-state index is 4.20. The zero-order valence-corrected chi connectivity index (χ0v) is 13.2. The molecule has 0 N–H and O–H groups in total. The highest BCUT2D eigenvalue weighted by atomic mass is 33.5. The van der Waals surface area contributed by atoms with Crippen LogP contribution in [0.5, 0.6) is 0 Å². The van der Waals surface area contributed by atoms with Crippen LogP contribution in [0.25, 0.3) is 0 Å². The molecule has 1 aromatic carbocycles. The van der Waals surface area contributed by atoms with Crippen molar-refractivity contribution in [3.8, 4) is 0 Å². The molecule has 0 radical (unpaired) electrons. The molecule has 0 aliphatic carbocycles. The molecule has 0 amide bonds. The molecule has 84 valence electrons. The first-order chi connectivity index (χ1) is 7.27. The van der Waals surface area contributed by atoms with E-state index < -0.39 is 0 Å². The van der Waals surface area contributed by atoms with Crippen molar-refractivity contribution in [2.45, 2.75) is 12.2 Å². The molecule has 0 nitrogen and oxygen atoms in total. The summed E-state index contributed by atoms with van der Waals surface area (Å²) >= 11 is 8.33. The Labute approximate surface area is 117 Å². The fourth-order valence-electron chi connectivity index (χ4n) is 1.10. The molecule has 0 heterocycles.